The molecule has 2 aromatic rings. The van der Waals surface area contributed by atoms with Crippen LogP contribution in [0, 0.1) is 0 Å². The van der Waals surface area contributed by atoms with Crippen LogP contribution < -0.4 is 29.7 Å². The number of nitrogens with one attached hydrogen (secondary N) is 2. The van der Waals surface area contributed by atoms with E-state index in [1.165, 1.54) is 0 Å². The minimum atomic E-state index is 0. The summed E-state index contributed by atoms with van der Waals surface area (Å²) in [5, 5.41) is 7.57. The number of benzene rings is 2. The van der Waals surface area contributed by atoms with E-state index in [4.69, 9.17) is 25.8 Å². The monoisotopic (exact) mass is 560 g/mol. The van der Waals surface area contributed by atoms with E-state index in [-0.39, 0.29) is 30.0 Å². The highest BCUT2D eigenvalue weighted by Crippen LogP contribution is 2.33. The first-order valence-corrected chi connectivity index (χ1v) is 10.2. The fourth-order valence-electron chi connectivity index (χ4n) is 3.57. The molecule has 2 aromatic carbocycles. The van der Waals surface area contributed by atoms with Crippen molar-refractivity contribution in [2.24, 2.45) is 4.99 Å². The zero-order chi connectivity index (χ0) is 21.5. The normalized spacial score (nSPS) is 15.8. The molecule has 0 amide bonds. The van der Waals surface area contributed by atoms with Gasteiger partial charge >= 0.3 is 0 Å². The van der Waals surface area contributed by atoms with Crippen molar-refractivity contribution in [2.45, 2.75) is 19.0 Å². The smallest absolute Gasteiger partial charge is 0.191 e. The van der Waals surface area contributed by atoms with E-state index in [9.17, 15) is 0 Å². The van der Waals surface area contributed by atoms with Gasteiger partial charge in [-0.2, -0.15) is 0 Å². The maximum absolute atomic E-state index is 6.19. The lowest BCUT2D eigenvalue weighted by Crippen LogP contribution is -2.44. The Labute approximate surface area is 206 Å². The van der Waals surface area contributed by atoms with Crippen molar-refractivity contribution >= 4 is 47.2 Å². The third kappa shape index (κ3) is 6.46. The Kier molecular flexibility index (Phi) is 9.83. The number of hydrogen-bond acceptors (Lipinski definition) is 5. The van der Waals surface area contributed by atoms with E-state index < -0.39 is 0 Å². The van der Waals surface area contributed by atoms with Gasteiger partial charge in [-0.05, 0) is 36.8 Å². The van der Waals surface area contributed by atoms with Crippen LogP contribution >= 0.6 is 35.6 Å². The number of halogens is 2. The van der Waals surface area contributed by atoms with Gasteiger partial charge in [0.2, 0.25) is 0 Å². The standard InChI is InChI=1S/C22H29ClN4O3.HI/c1-24-22(25-13-15-5-7-18(28-2)12-21(15)30-4)26-17-9-10-27(14-17)19-11-16(23)6-8-20(19)29-3;/h5-8,11-12,17H,9-10,13-14H2,1-4H3,(H2,24,25,26);1H. The van der Waals surface area contributed by atoms with Crippen molar-refractivity contribution in [1.29, 1.82) is 0 Å². The van der Waals surface area contributed by atoms with E-state index in [1.807, 2.05) is 36.4 Å². The van der Waals surface area contributed by atoms with Gasteiger partial charge in [-0.15, -0.1) is 24.0 Å². The summed E-state index contributed by atoms with van der Waals surface area (Å²) in [4.78, 5) is 6.65. The summed E-state index contributed by atoms with van der Waals surface area (Å²) in [6.07, 6.45) is 0.988. The summed E-state index contributed by atoms with van der Waals surface area (Å²) in [7, 11) is 6.75. The van der Waals surface area contributed by atoms with Crippen LogP contribution in [0.3, 0.4) is 0 Å². The van der Waals surface area contributed by atoms with Gasteiger partial charge in [-0.1, -0.05) is 11.6 Å². The van der Waals surface area contributed by atoms with Gasteiger partial charge < -0.3 is 29.7 Å². The molecule has 1 atom stereocenters. The average Bonchev–Trinajstić information content (AvgIpc) is 3.24. The summed E-state index contributed by atoms with van der Waals surface area (Å²) in [6, 6.07) is 11.7. The minimum Gasteiger partial charge on any atom is -0.497 e. The van der Waals surface area contributed by atoms with Crippen molar-refractivity contribution < 1.29 is 14.2 Å². The molecule has 1 heterocycles. The first kappa shape index (κ1) is 25.2. The maximum Gasteiger partial charge on any atom is 0.191 e. The van der Waals surface area contributed by atoms with E-state index >= 15 is 0 Å². The van der Waals surface area contributed by atoms with Gasteiger partial charge in [0.05, 0.1) is 27.0 Å². The Balaban J connectivity index is 0.00000341. The minimum absolute atomic E-state index is 0. The third-order valence-corrected chi connectivity index (χ3v) is 5.41. The molecule has 1 saturated heterocycles. The molecule has 0 saturated carbocycles. The Hall–Kier alpha value is -2.07. The van der Waals surface area contributed by atoms with Crippen LogP contribution in [-0.4, -0.2) is 53.5 Å². The molecule has 2 N–H and O–H groups in total. The number of anilines is 1. The molecular weight excluding hydrogens is 531 g/mol. The van der Waals surface area contributed by atoms with Crippen molar-refractivity contribution in [3.63, 3.8) is 0 Å². The van der Waals surface area contributed by atoms with Crippen molar-refractivity contribution in [3.8, 4) is 17.2 Å². The van der Waals surface area contributed by atoms with Crippen LogP contribution in [0.4, 0.5) is 5.69 Å². The molecule has 3 rings (SSSR count). The Morgan fingerprint density at radius 3 is 2.55 bits per heavy atom. The van der Waals surface area contributed by atoms with Crippen molar-refractivity contribution in [2.75, 3.05) is 46.4 Å². The fraction of sp³-hybridized carbons (Fsp3) is 0.409. The van der Waals surface area contributed by atoms with Gasteiger partial charge in [0.25, 0.3) is 0 Å². The first-order valence-electron chi connectivity index (χ1n) is 9.84. The molecule has 0 aliphatic carbocycles. The first-order chi connectivity index (χ1) is 14.6. The molecular formula is C22H30ClIN4O3. The Bertz CT molecular complexity index is 897. The molecule has 1 aliphatic heterocycles. The zero-order valence-electron chi connectivity index (χ0n) is 18.3. The zero-order valence-corrected chi connectivity index (χ0v) is 21.4. The van der Waals surface area contributed by atoms with E-state index in [0.29, 0.717) is 11.6 Å². The molecule has 31 heavy (non-hydrogen) atoms. The molecule has 0 spiro atoms. The highest BCUT2D eigenvalue weighted by molar-refractivity contribution is 14.0. The van der Waals surface area contributed by atoms with Crippen LogP contribution in [0.2, 0.25) is 5.02 Å². The topological polar surface area (TPSA) is 67.4 Å². The second-order valence-electron chi connectivity index (χ2n) is 7.00. The molecule has 9 heteroatoms. The van der Waals surface area contributed by atoms with Gasteiger partial charge in [0.1, 0.15) is 17.2 Å². The maximum atomic E-state index is 6.19. The molecule has 7 nitrogen and oxygen atoms in total. The number of methoxy groups -OCH3 is 3. The summed E-state index contributed by atoms with van der Waals surface area (Å²) >= 11 is 6.19. The van der Waals surface area contributed by atoms with Gasteiger partial charge in [0, 0.05) is 49.4 Å². The van der Waals surface area contributed by atoms with Crippen LogP contribution in [0.25, 0.3) is 0 Å². The van der Waals surface area contributed by atoms with Crippen LogP contribution in [0.15, 0.2) is 41.4 Å². The highest BCUT2D eigenvalue weighted by Gasteiger charge is 2.25. The summed E-state index contributed by atoms with van der Waals surface area (Å²) in [6.45, 7) is 2.34. The van der Waals surface area contributed by atoms with Crippen molar-refractivity contribution in [3.05, 3.63) is 47.0 Å². The molecule has 170 valence electrons. The van der Waals surface area contributed by atoms with Gasteiger partial charge in [-0.25, -0.2) is 0 Å². The van der Waals surface area contributed by atoms with E-state index in [1.54, 1.807) is 28.4 Å². The number of guanidine groups is 1. The van der Waals surface area contributed by atoms with Gasteiger partial charge in [-0.3, -0.25) is 4.99 Å². The number of nitrogens with zero attached hydrogens (tertiary/aromatic N) is 2. The average molecular weight is 561 g/mol. The van der Waals surface area contributed by atoms with Crippen LogP contribution in [0.1, 0.15) is 12.0 Å². The SMILES string of the molecule is CN=C(NCc1ccc(OC)cc1OC)NC1CCN(c2cc(Cl)ccc2OC)C1.I. The van der Waals surface area contributed by atoms with Gasteiger partial charge in [0.15, 0.2) is 5.96 Å². The molecule has 0 aromatic heterocycles. The van der Waals surface area contributed by atoms with E-state index in [0.717, 1.165) is 54.0 Å². The lowest BCUT2D eigenvalue weighted by Gasteiger charge is -2.22. The Morgan fingerprint density at radius 1 is 1.10 bits per heavy atom. The number of rotatable bonds is 7. The lowest BCUT2D eigenvalue weighted by molar-refractivity contribution is 0.390. The molecule has 0 bridgehead atoms. The molecule has 0 radical (unpaired) electrons. The predicted molar refractivity (Wildman–Crippen MR) is 137 cm³/mol. The largest absolute Gasteiger partial charge is 0.497 e. The van der Waals surface area contributed by atoms with Crippen molar-refractivity contribution in [1.82, 2.24) is 10.6 Å². The highest BCUT2D eigenvalue weighted by atomic mass is 127. The van der Waals surface area contributed by atoms with E-state index in [2.05, 4.69) is 20.5 Å². The molecule has 1 aliphatic rings. The quantitative estimate of drug-likeness (QED) is 0.304. The number of aliphatic imine (C=N–C) groups is 1. The molecule has 1 unspecified atom stereocenters. The lowest BCUT2D eigenvalue weighted by atomic mass is 10.2. The van der Waals surface area contributed by atoms with Crippen LogP contribution in [-0.2, 0) is 6.54 Å². The van der Waals surface area contributed by atoms with Crippen LogP contribution in [0.5, 0.6) is 17.2 Å². The second kappa shape index (κ2) is 12.1. The third-order valence-electron chi connectivity index (χ3n) is 5.17. The molecule has 1 fully saturated rings. The number of hydrogen-bond donors (Lipinski definition) is 2. The summed E-state index contributed by atoms with van der Waals surface area (Å²) < 4.78 is 16.2. The predicted octanol–water partition coefficient (Wildman–Crippen LogP) is 3.93. The fourth-order valence-corrected chi connectivity index (χ4v) is 3.74. The summed E-state index contributed by atoms with van der Waals surface area (Å²) in [5.41, 5.74) is 2.04. The number of ether oxygens (including phenoxy) is 3. The second-order valence-corrected chi connectivity index (χ2v) is 7.43. The summed E-state index contributed by atoms with van der Waals surface area (Å²) in [5.74, 6) is 3.12. The Morgan fingerprint density at radius 2 is 1.87 bits per heavy atom.